The molecule has 0 heterocycles. The quantitative estimate of drug-likeness (QED) is 0.242. The number of nitrogens with zero attached hydrogens (tertiary/aromatic N) is 1. The molecule has 0 saturated carbocycles. The Kier molecular flexibility index (Phi) is 14.1. The van der Waals surface area contributed by atoms with Gasteiger partial charge in [-0.1, -0.05) is 20.8 Å². The predicted octanol–water partition coefficient (Wildman–Crippen LogP) is 5.21. The lowest BCUT2D eigenvalue weighted by Gasteiger charge is -2.45. The first-order valence-corrected chi connectivity index (χ1v) is 12.5. The Morgan fingerprint density at radius 3 is 1.29 bits per heavy atom. The SMILES string of the molecule is CCC(OC(C)C)N(C(C)PC(CC)(OC)OC)C(C)PC(CC)(OC)OC. The summed E-state index contributed by atoms with van der Waals surface area (Å²) in [5.74, 6) is 0.434. The third kappa shape index (κ3) is 8.04. The average molecular weight is 442 g/mol. The first-order valence-electron chi connectivity index (χ1n) is 10.3. The number of ether oxygens (including phenoxy) is 5. The third-order valence-electron chi connectivity index (χ3n) is 5.11. The molecule has 0 aliphatic heterocycles. The molecule has 0 aliphatic rings. The lowest BCUT2D eigenvalue weighted by atomic mass is 10.3. The van der Waals surface area contributed by atoms with Crippen molar-refractivity contribution in [1.82, 2.24) is 4.90 Å². The van der Waals surface area contributed by atoms with Crippen LogP contribution in [0.25, 0.3) is 0 Å². The summed E-state index contributed by atoms with van der Waals surface area (Å²) in [5.41, 5.74) is -1.14. The van der Waals surface area contributed by atoms with Gasteiger partial charge >= 0.3 is 0 Å². The summed E-state index contributed by atoms with van der Waals surface area (Å²) in [6.45, 7) is 15.0. The van der Waals surface area contributed by atoms with Gasteiger partial charge in [0.25, 0.3) is 0 Å². The van der Waals surface area contributed by atoms with E-state index in [1.807, 2.05) is 0 Å². The van der Waals surface area contributed by atoms with Crippen molar-refractivity contribution in [3.63, 3.8) is 0 Å². The van der Waals surface area contributed by atoms with Crippen molar-refractivity contribution in [2.75, 3.05) is 28.4 Å². The molecule has 0 N–H and O–H groups in total. The summed E-state index contributed by atoms with van der Waals surface area (Å²) in [7, 11) is 7.79. The Hall–Kier alpha value is 0.620. The molecule has 5 atom stereocenters. The van der Waals surface area contributed by atoms with Gasteiger partial charge in [0.2, 0.25) is 0 Å². The molecule has 0 aromatic carbocycles. The highest BCUT2D eigenvalue weighted by Gasteiger charge is 2.39. The number of rotatable bonds is 16. The smallest absolute Gasteiger partial charge is 0.184 e. The van der Waals surface area contributed by atoms with Gasteiger partial charge in [-0.2, -0.15) is 0 Å². The molecule has 0 amide bonds. The Labute approximate surface area is 177 Å². The minimum atomic E-state index is -0.568. The fourth-order valence-corrected chi connectivity index (χ4v) is 6.87. The van der Waals surface area contributed by atoms with E-state index in [1.165, 1.54) is 0 Å². The standard InChI is InChI=1S/C20H45NO5P2/c1-12-18(26-15(4)5)21(16(6)27-19(13-2,22-8)23-9)17(7)28-20(14-3,24-10)25-11/h15-18,27-28H,12-14H2,1-11H3. The maximum absolute atomic E-state index is 6.31. The Balaban J connectivity index is 5.78. The van der Waals surface area contributed by atoms with Gasteiger partial charge in [0.15, 0.2) is 11.1 Å². The summed E-state index contributed by atoms with van der Waals surface area (Å²) < 4.78 is 29.4. The number of hydrogen-bond donors (Lipinski definition) is 0. The van der Waals surface area contributed by atoms with Crippen LogP contribution >= 0.6 is 17.2 Å². The van der Waals surface area contributed by atoms with E-state index >= 15 is 0 Å². The first-order chi connectivity index (χ1) is 13.1. The van der Waals surface area contributed by atoms with Crippen molar-refractivity contribution in [2.45, 2.75) is 103 Å². The van der Waals surface area contributed by atoms with Crippen LogP contribution in [0.3, 0.4) is 0 Å². The van der Waals surface area contributed by atoms with Gasteiger partial charge in [-0.15, -0.1) is 0 Å². The lowest BCUT2D eigenvalue weighted by Crippen LogP contribution is -2.49. The van der Waals surface area contributed by atoms with E-state index in [-0.39, 0.29) is 23.9 Å². The Morgan fingerprint density at radius 2 is 1.07 bits per heavy atom. The zero-order chi connectivity index (χ0) is 22.0. The van der Waals surface area contributed by atoms with Crippen LogP contribution in [0.5, 0.6) is 0 Å². The Morgan fingerprint density at radius 1 is 0.714 bits per heavy atom. The normalized spacial score (nSPS) is 17.5. The highest BCUT2D eigenvalue weighted by Crippen LogP contribution is 2.47. The van der Waals surface area contributed by atoms with Crippen LogP contribution in [-0.2, 0) is 23.7 Å². The van der Waals surface area contributed by atoms with E-state index in [4.69, 9.17) is 23.7 Å². The molecule has 28 heavy (non-hydrogen) atoms. The van der Waals surface area contributed by atoms with Crippen molar-refractivity contribution in [3.8, 4) is 0 Å². The van der Waals surface area contributed by atoms with Crippen molar-refractivity contribution in [1.29, 1.82) is 0 Å². The lowest BCUT2D eigenvalue weighted by molar-refractivity contribution is -0.145. The monoisotopic (exact) mass is 441 g/mol. The van der Waals surface area contributed by atoms with Crippen molar-refractivity contribution < 1.29 is 23.7 Å². The minimum Gasteiger partial charge on any atom is -0.360 e. The zero-order valence-corrected chi connectivity index (χ0v) is 21.9. The van der Waals surface area contributed by atoms with Crippen LogP contribution in [0.15, 0.2) is 0 Å². The topological polar surface area (TPSA) is 49.4 Å². The van der Waals surface area contributed by atoms with Gasteiger partial charge in [0.1, 0.15) is 6.23 Å². The molecule has 170 valence electrons. The van der Waals surface area contributed by atoms with Gasteiger partial charge in [0.05, 0.1) is 6.10 Å². The Bertz CT molecular complexity index is 362. The first kappa shape index (κ1) is 28.6. The summed E-state index contributed by atoms with van der Waals surface area (Å²) in [6, 6.07) is 0. The van der Waals surface area contributed by atoms with Crippen LogP contribution in [0.4, 0.5) is 0 Å². The molecule has 0 rings (SSSR count). The molecular formula is C20H45NO5P2. The third-order valence-corrected chi connectivity index (χ3v) is 8.95. The summed E-state index contributed by atoms with van der Waals surface area (Å²) in [6.07, 6.45) is 2.66. The molecule has 0 saturated heterocycles. The molecule has 5 unspecified atom stereocenters. The van der Waals surface area contributed by atoms with Crippen molar-refractivity contribution >= 4 is 17.2 Å². The van der Waals surface area contributed by atoms with Crippen LogP contribution in [0, 0.1) is 0 Å². The van der Waals surface area contributed by atoms with Gasteiger partial charge in [-0.3, -0.25) is 4.90 Å². The minimum absolute atomic E-state index is 0.0107. The van der Waals surface area contributed by atoms with Gasteiger partial charge < -0.3 is 23.7 Å². The predicted molar refractivity (Wildman–Crippen MR) is 122 cm³/mol. The maximum atomic E-state index is 6.31. The largest absolute Gasteiger partial charge is 0.360 e. The second-order valence-electron chi connectivity index (χ2n) is 7.16. The van der Waals surface area contributed by atoms with Gasteiger partial charge in [-0.25, -0.2) is 0 Å². The highest BCUT2D eigenvalue weighted by molar-refractivity contribution is 7.41. The molecule has 0 aromatic rings. The fourth-order valence-electron chi connectivity index (χ4n) is 3.50. The molecule has 6 nitrogen and oxygen atoms in total. The second-order valence-corrected chi connectivity index (χ2v) is 10.9. The van der Waals surface area contributed by atoms with Gasteiger partial charge in [-0.05, 0) is 51.3 Å². The summed E-state index contributed by atoms with van der Waals surface area (Å²) in [4.78, 5) is 2.46. The number of hydrogen-bond acceptors (Lipinski definition) is 6. The molecule has 0 radical (unpaired) electrons. The van der Waals surface area contributed by atoms with E-state index in [2.05, 4.69) is 53.4 Å². The average Bonchev–Trinajstić information content (AvgIpc) is 2.69. The summed E-state index contributed by atoms with van der Waals surface area (Å²) in [5, 5.41) is 0. The molecule has 0 aromatic heterocycles. The molecule has 0 bridgehead atoms. The van der Waals surface area contributed by atoms with E-state index in [0.717, 1.165) is 19.3 Å². The number of methoxy groups -OCH3 is 4. The molecule has 0 fully saturated rings. The van der Waals surface area contributed by atoms with Crippen LogP contribution in [-0.4, -0.2) is 68.3 Å². The zero-order valence-electron chi connectivity index (χ0n) is 19.9. The van der Waals surface area contributed by atoms with E-state index in [1.54, 1.807) is 28.4 Å². The van der Waals surface area contributed by atoms with Crippen molar-refractivity contribution in [2.24, 2.45) is 0 Å². The van der Waals surface area contributed by atoms with Crippen molar-refractivity contribution in [3.05, 3.63) is 0 Å². The molecule has 8 heteroatoms. The molecular weight excluding hydrogens is 396 g/mol. The molecule has 0 aliphatic carbocycles. The molecule has 0 spiro atoms. The second kappa shape index (κ2) is 13.8. The van der Waals surface area contributed by atoms with Crippen LogP contribution in [0.2, 0.25) is 0 Å². The van der Waals surface area contributed by atoms with Crippen LogP contribution < -0.4 is 0 Å². The van der Waals surface area contributed by atoms with E-state index < -0.39 is 11.1 Å². The van der Waals surface area contributed by atoms with Gasteiger partial charge in [0, 0.05) is 52.8 Å². The van der Waals surface area contributed by atoms with Crippen LogP contribution in [0.1, 0.15) is 67.7 Å². The fraction of sp³-hybridized carbons (Fsp3) is 1.00. The highest BCUT2D eigenvalue weighted by atomic mass is 31.1. The van der Waals surface area contributed by atoms with E-state index in [0.29, 0.717) is 17.2 Å². The van der Waals surface area contributed by atoms with E-state index in [9.17, 15) is 0 Å². The summed E-state index contributed by atoms with van der Waals surface area (Å²) >= 11 is 0. The maximum Gasteiger partial charge on any atom is 0.184 e.